The number of carbonyl (C=O) groups excluding carboxylic acids is 1. The Balaban J connectivity index is 1.28. The standard InChI is InChI=1S/C23H34ClN3O2/c1-16(2)26-12-9-19(10-13-26)29-20-6-7-21(22(24)14-20)23(28)25-17-8-11-27(15-17)18-4-3-5-18/h6-7,14,16-19H,3-5,8-13,15H2,1-2H3,(H,25,28). The zero-order valence-corrected chi connectivity index (χ0v) is 18.5. The summed E-state index contributed by atoms with van der Waals surface area (Å²) in [6.45, 7) is 8.66. The topological polar surface area (TPSA) is 44.8 Å². The number of hydrogen-bond donors (Lipinski definition) is 1. The normalized spacial score (nSPS) is 24.6. The van der Waals surface area contributed by atoms with Gasteiger partial charge in [0, 0.05) is 44.3 Å². The third-order valence-electron chi connectivity index (χ3n) is 6.84. The first-order valence-corrected chi connectivity index (χ1v) is 11.6. The van der Waals surface area contributed by atoms with Gasteiger partial charge in [-0.1, -0.05) is 18.0 Å². The van der Waals surface area contributed by atoms with Crippen molar-refractivity contribution in [3.63, 3.8) is 0 Å². The molecule has 29 heavy (non-hydrogen) atoms. The molecule has 2 aliphatic heterocycles. The van der Waals surface area contributed by atoms with Crippen molar-refractivity contribution >= 4 is 17.5 Å². The first-order valence-electron chi connectivity index (χ1n) is 11.2. The lowest BCUT2D eigenvalue weighted by atomic mass is 9.92. The first-order chi connectivity index (χ1) is 14.0. The van der Waals surface area contributed by atoms with Crippen LogP contribution in [0.3, 0.4) is 0 Å². The Morgan fingerprint density at radius 2 is 1.90 bits per heavy atom. The minimum atomic E-state index is -0.0766. The highest BCUT2D eigenvalue weighted by molar-refractivity contribution is 6.34. The zero-order valence-electron chi connectivity index (χ0n) is 17.7. The lowest BCUT2D eigenvalue weighted by molar-refractivity contribution is 0.0843. The van der Waals surface area contributed by atoms with E-state index in [-0.39, 0.29) is 18.1 Å². The van der Waals surface area contributed by atoms with Crippen LogP contribution in [0.1, 0.15) is 62.7 Å². The van der Waals surface area contributed by atoms with Crippen molar-refractivity contribution in [2.45, 2.75) is 76.6 Å². The Morgan fingerprint density at radius 3 is 2.52 bits per heavy atom. The van der Waals surface area contributed by atoms with Crippen LogP contribution in [-0.4, -0.2) is 66.1 Å². The second-order valence-corrected chi connectivity index (χ2v) is 9.53. The molecule has 3 aliphatic rings. The summed E-state index contributed by atoms with van der Waals surface area (Å²) in [5.41, 5.74) is 0.538. The van der Waals surface area contributed by atoms with E-state index < -0.39 is 0 Å². The second kappa shape index (κ2) is 9.23. The number of nitrogens with zero attached hydrogens (tertiary/aromatic N) is 2. The fourth-order valence-electron chi connectivity index (χ4n) is 4.71. The molecule has 0 spiro atoms. The summed E-state index contributed by atoms with van der Waals surface area (Å²) in [6, 6.07) is 7.02. The summed E-state index contributed by atoms with van der Waals surface area (Å²) in [5, 5.41) is 3.64. The van der Waals surface area contributed by atoms with E-state index >= 15 is 0 Å². The third kappa shape index (κ3) is 5.07. The minimum Gasteiger partial charge on any atom is -0.490 e. The van der Waals surface area contributed by atoms with Gasteiger partial charge in [-0.2, -0.15) is 0 Å². The maximum Gasteiger partial charge on any atom is 0.253 e. The van der Waals surface area contributed by atoms with E-state index in [1.807, 2.05) is 6.07 Å². The van der Waals surface area contributed by atoms with E-state index in [1.54, 1.807) is 12.1 Å². The highest BCUT2D eigenvalue weighted by Gasteiger charge is 2.32. The molecule has 1 unspecified atom stereocenters. The molecule has 1 aromatic carbocycles. The summed E-state index contributed by atoms with van der Waals surface area (Å²) in [7, 11) is 0. The molecule has 1 amide bonds. The fourth-order valence-corrected chi connectivity index (χ4v) is 4.96. The second-order valence-electron chi connectivity index (χ2n) is 9.13. The van der Waals surface area contributed by atoms with Gasteiger partial charge in [-0.15, -0.1) is 0 Å². The van der Waals surface area contributed by atoms with E-state index in [0.717, 1.165) is 57.2 Å². The van der Waals surface area contributed by atoms with Gasteiger partial charge in [0.15, 0.2) is 0 Å². The summed E-state index contributed by atoms with van der Waals surface area (Å²) in [6.07, 6.45) is 7.26. The van der Waals surface area contributed by atoms with Crippen molar-refractivity contribution < 1.29 is 9.53 Å². The van der Waals surface area contributed by atoms with Crippen molar-refractivity contribution in [1.29, 1.82) is 0 Å². The Bertz CT molecular complexity index is 714. The van der Waals surface area contributed by atoms with Crippen molar-refractivity contribution in [2.24, 2.45) is 0 Å². The van der Waals surface area contributed by atoms with Gasteiger partial charge in [0.1, 0.15) is 11.9 Å². The van der Waals surface area contributed by atoms with Crippen molar-refractivity contribution in [2.75, 3.05) is 26.2 Å². The molecule has 160 valence electrons. The number of benzene rings is 1. The fraction of sp³-hybridized carbons (Fsp3) is 0.696. The molecule has 1 N–H and O–H groups in total. The van der Waals surface area contributed by atoms with Gasteiger partial charge < -0.3 is 15.0 Å². The van der Waals surface area contributed by atoms with Crippen LogP contribution < -0.4 is 10.1 Å². The van der Waals surface area contributed by atoms with E-state index in [4.69, 9.17) is 16.3 Å². The highest BCUT2D eigenvalue weighted by Crippen LogP contribution is 2.29. The molecule has 3 fully saturated rings. The number of likely N-dealkylation sites (tertiary alicyclic amines) is 2. The molecule has 4 rings (SSSR count). The predicted octanol–water partition coefficient (Wildman–Crippen LogP) is 3.95. The number of halogens is 1. The lowest BCUT2D eigenvalue weighted by Gasteiger charge is -2.34. The van der Waals surface area contributed by atoms with E-state index in [1.165, 1.54) is 19.3 Å². The van der Waals surface area contributed by atoms with Crippen molar-refractivity contribution in [3.8, 4) is 5.75 Å². The first kappa shape index (κ1) is 21.0. The molecular formula is C23H34ClN3O2. The Kier molecular flexibility index (Phi) is 6.67. The number of amides is 1. The SMILES string of the molecule is CC(C)N1CCC(Oc2ccc(C(=O)NC3CCN(C4CCC4)C3)c(Cl)c2)CC1. The van der Waals surface area contributed by atoms with Crippen LogP contribution in [0.4, 0.5) is 0 Å². The van der Waals surface area contributed by atoms with Gasteiger partial charge in [-0.25, -0.2) is 0 Å². The van der Waals surface area contributed by atoms with Crippen LogP contribution in [0.15, 0.2) is 18.2 Å². The molecule has 2 heterocycles. The summed E-state index contributed by atoms with van der Waals surface area (Å²) >= 11 is 6.44. The number of rotatable bonds is 6. The number of nitrogens with one attached hydrogen (secondary N) is 1. The predicted molar refractivity (Wildman–Crippen MR) is 117 cm³/mol. The number of piperidine rings is 1. The molecule has 2 saturated heterocycles. The third-order valence-corrected chi connectivity index (χ3v) is 7.15. The van der Waals surface area contributed by atoms with Gasteiger partial charge in [0.25, 0.3) is 5.91 Å². The molecule has 1 aliphatic carbocycles. The molecule has 0 aromatic heterocycles. The zero-order chi connectivity index (χ0) is 20.4. The Morgan fingerprint density at radius 1 is 1.14 bits per heavy atom. The average Bonchev–Trinajstić information content (AvgIpc) is 3.08. The lowest BCUT2D eigenvalue weighted by Crippen LogP contribution is -2.42. The van der Waals surface area contributed by atoms with E-state index in [2.05, 4.69) is 29.0 Å². The quantitative estimate of drug-likeness (QED) is 0.758. The van der Waals surface area contributed by atoms with Crippen LogP contribution in [0.25, 0.3) is 0 Å². The molecule has 0 radical (unpaired) electrons. The number of ether oxygens (including phenoxy) is 1. The van der Waals surface area contributed by atoms with E-state index in [0.29, 0.717) is 16.6 Å². The molecule has 1 saturated carbocycles. The number of hydrogen-bond acceptors (Lipinski definition) is 4. The van der Waals surface area contributed by atoms with Gasteiger partial charge in [-0.05, 0) is 64.2 Å². The largest absolute Gasteiger partial charge is 0.490 e. The summed E-state index contributed by atoms with van der Waals surface area (Å²) < 4.78 is 6.14. The van der Waals surface area contributed by atoms with Gasteiger partial charge >= 0.3 is 0 Å². The van der Waals surface area contributed by atoms with Crippen LogP contribution in [0.5, 0.6) is 5.75 Å². The Labute approximate surface area is 179 Å². The van der Waals surface area contributed by atoms with Crippen LogP contribution in [0, 0.1) is 0 Å². The van der Waals surface area contributed by atoms with Crippen molar-refractivity contribution in [3.05, 3.63) is 28.8 Å². The highest BCUT2D eigenvalue weighted by atomic mass is 35.5. The van der Waals surface area contributed by atoms with Crippen LogP contribution in [-0.2, 0) is 0 Å². The van der Waals surface area contributed by atoms with Gasteiger partial charge in [0.05, 0.1) is 10.6 Å². The molecule has 0 bridgehead atoms. The van der Waals surface area contributed by atoms with Crippen LogP contribution >= 0.6 is 11.6 Å². The molecule has 5 nitrogen and oxygen atoms in total. The van der Waals surface area contributed by atoms with Crippen molar-refractivity contribution in [1.82, 2.24) is 15.1 Å². The minimum absolute atomic E-state index is 0.0766. The summed E-state index contributed by atoms with van der Waals surface area (Å²) in [5.74, 6) is 0.679. The average molecular weight is 420 g/mol. The molecular weight excluding hydrogens is 386 g/mol. The van der Waals surface area contributed by atoms with Crippen LogP contribution in [0.2, 0.25) is 5.02 Å². The number of carbonyl (C=O) groups is 1. The Hall–Kier alpha value is -1.30. The molecule has 1 aromatic rings. The molecule has 1 atom stereocenters. The molecule has 6 heteroatoms. The smallest absolute Gasteiger partial charge is 0.253 e. The maximum absolute atomic E-state index is 12.7. The van der Waals surface area contributed by atoms with Gasteiger partial charge in [-0.3, -0.25) is 9.69 Å². The van der Waals surface area contributed by atoms with Gasteiger partial charge in [0.2, 0.25) is 0 Å². The van der Waals surface area contributed by atoms with E-state index in [9.17, 15) is 4.79 Å². The summed E-state index contributed by atoms with van der Waals surface area (Å²) in [4.78, 5) is 17.7. The monoisotopic (exact) mass is 419 g/mol. The maximum atomic E-state index is 12.7.